The standard InChI is InChI=1S/C23H24N4O2.3C22H22N4O2/c1-15-13-18-19(14-16(15)2)27(21-20(24-18)22(28)26-23(29)25-21)12-8-4-7-11-17-9-5-3-6-10-17;1-13-6-4-7-16(10-13)8-5-9-26-18-12-15(3)14(2)11-17(18)23-19-20(26)24-22(28)25-21(19)27;1-14-11-18-19(12-15(14)2)26(9-10-28-13-17-7-5-4-6-8-17)21-20(25-18)22(27)24-16(3)23-21;1-13-11-17-18(12-14(13)2)26(10-9-19(27)16-7-5-4-6-8-16)21-20(25-17)22(28)24-15(3)23-21/h3,5-6,9-10,13-14H,4,7-8,11-12H2,1-2H3,(H,26,28,29);4,6-7,10-12H,5,8-9H2,1-3H3,(H,25,27,28);4-8,11-12H,3,9-10,13H2,1-2H3,(H,24,27);4-8,11-12,19,27H,3,9-10H2,1-2H3,(H,24,28). The molecule has 1 atom stereocenters. The maximum absolute atomic E-state index is 12.4. The maximum atomic E-state index is 12.4. The summed E-state index contributed by atoms with van der Waals surface area (Å²) in [7, 11) is 0. The van der Waals surface area contributed by atoms with Crippen molar-refractivity contribution in [2.24, 2.45) is 9.98 Å². The molecule has 1 unspecified atom stereocenters. The molecule has 6 aliphatic rings. The number of unbranched alkanes of at least 4 members (excludes halogenated alkanes) is 2. The van der Waals surface area contributed by atoms with Crippen molar-refractivity contribution < 1.29 is 9.84 Å². The zero-order chi connectivity index (χ0) is 79.7. The molecule has 6 aliphatic heterocycles. The Labute approximate surface area is 650 Å². The molecular weight excluding hydrogens is 1420 g/mol. The summed E-state index contributed by atoms with van der Waals surface area (Å²) in [5, 5.41) is 11.2. The lowest BCUT2D eigenvalue weighted by Gasteiger charge is -2.29. The van der Waals surface area contributed by atoms with E-state index < -0.39 is 28.6 Å². The molecule has 0 saturated carbocycles. The van der Waals surface area contributed by atoms with Crippen molar-refractivity contribution in [3.63, 3.8) is 0 Å². The zero-order valence-electron chi connectivity index (χ0n) is 64.9. The van der Waals surface area contributed by atoms with E-state index in [9.17, 15) is 33.9 Å². The number of hydrogen-bond donors (Lipinski definition) is 5. The monoisotopic (exact) mass is 1510 g/mol. The highest BCUT2D eigenvalue weighted by Crippen LogP contribution is 2.39. The molecule has 0 bridgehead atoms. The molecule has 0 radical (unpaired) electrons. The number of aliphatic hydroxyl groups excluding tert-OH is 1. The van der Waals surface area contributed by atoms with Crippen LogP contribution in [0.3, 0.4) is 0 Å². The van der Waals surface area contributed by atoms with Gasteiger partial charge in [-0.2, -0.15) is 9.97 Å². The van der Waals surface area contributed by atoms with E-state index >= 15 is 0 Å². The minimum atomic E-state index is -0.644. The van der Waals surface area contributed by atoms with Crippen molar-refractivity contribution >= 4 is 69.6 Å². The molecule has 16 rings (SSSR count). The molecule has 0 aliphatic carbocycles. The Morgan fingerprint density at radius 3 is 1.37 bits per heavy atom. The molecule has 113 heavy (non-hydrogen) atoms. The zero-order valence-corrected chi connectivity index (χ0v) is 64.9. The Kier molecular flexibility index (Phi) is 23.8. The van der Waals surface area contributed by atoms with Gasteiger partial charge in [-0.1, -0.05) is 140 Å². The molecule has 10 aromatic rings. The summed E-state index contributed by atoms with van der Waals surface area (Å²) in [6.45, 7) is 29.3. The highest BCUT2D eigenvalue weighted by atomic mass is 16.5. The van der Waals surface area contributed by atoms with E-state index in [1.54, 1.807) is 0 Å². The number of ether oxygens (including phenoxy) is 1. The van der Waals surface area contributed by atoms with Gasteiger partial charge in [-0.15, -0.1) is 0 Å². The van der Waals surface area contributed by atoms with E-state index in [2.05, 4.69) is 160 Å². The fourth-order valence-corrected chi connectivity index (χ4v) is 14.0. The average Bonchev–Trinajstić information content (AvgIpc) is 0.775. The minimum Gasteiger partial charge on any atom is -0.388 e. The van der Waals surface area contributed by atoms with Crippen LogP contribution in [0.25, 0.3) is 58.3 Å². The van der Waals surface area contributed by atoms with Crippen LogP contribution in [0, 0.1) is 62.3 Å². The van der Waals surface area contributed by atoms with Crippen molar-refractivity contribution in [3.05, 3.63) is 320 Å². The molecule has 0 amide bonds. The molecule has 0 fully saturated rings. The van der Waals surface area contributed by atoms with Gasteiger partial charge < -0.3 is 38.7 Å². The lowest BCUT2D eigenvalue weighted by Crippen LogP contribution is -2.43. The van der Waals surface area contributed by atoms with Gasteiger partial charge in [0.25, 0.3) is 22.2 Å². The summed E-state index contributed by atoms with van der Waals surface area (Å²) in [4.78, 5) is 122. The first-order chi connectivity index (χ1) is 54.4. The number of aliphatic hydroxyl groups is 1. The summed E-state index contributed by atoms with van der Waals surface area (Å²) in [5.74, 6) is 1.70. The molecule has 5 N–H and O–H groups in total. The van der Waals surface area contributed by atoms with E-state index in [0.717, 1.165) is 139 Å². The van der Waals surface area contributed by atoms with Crippen molar-refractivity contribution in [1.29, 1.82) is 0 Å². The Bertz CT molecular complexity index is 6460. The van der Waals surface area contributed by atoms with Crippen LogP contribution in [-0.4, -0.2) is 83.8 Å². The number of aromatic nitrogens is 12. The molecule has 2 aromatic heterocycles. The predicted molar refractivity (Wildman–Crippen MR) is 444 cm³/mol. The Balaban J connectivity index is 0.000000132. The highest BCUT2D eigenvalue weighted by Gasteiger charge is 2.27. The van der Waals surface area contributed by atoms with Crippen LogP contribution in [0.1, 0.15) is 111 Å². The van der Waals surface area contributed by atoms with E-state index in [-0.39, 0.29) is 27.9 Å². The molecule has 8 heterocycles. The van der Waals surface area contributed by atoms with E-state index in [1.807, 2.05) is 158 Å². The van der Waals surface area contributed by atoms with Gasteiger partial charge in [0.05, 0.1) is 64.1 Å². The summed E-state index contributed by atoms with van der Waals surface area (Å²) in [6.07, 6.45) is 5.74. The minimum absolute atomic E-state index is 0.200. The second-order valence-electron chi connectivity index (χ2n) is 28.9. The number of nitrogens with one attached hydrogen (secondary N) is 4. The van der Waals surface area contributed by atoms with Crippen LogP contribution in [0.2, 0.25) is 0 Å². The second-order valence-corrected chi connectivity index (χ2v) is 28.9. The van der Waals surface area contributed by atoms with Gasteiger partial charge in [0, 0.05) is 26.2 Å². The second kappa shape index (κ2) is 34.5. The van der Waals surface area contributed by atoms with E-state index in [4.69, 9.17) is 4.74 Å². The molecular formula is C89H90N16O8. The van der Waals surface area contributed by atoms with E-state index in [1.165, 1.54) is 16.7 Å². The van der Waals surface area contributed by atoms with E-state index in [0.29, 0.717) is 85.4 Å². The van der Waals surface area contributed by atoms with Gasteiger partial charge in [-0.3, -0.25) is 29.1 Å². The number of benzene rings is 8. The summed E-state index contributed by atoms with van der Waals surface area (Å²) in [6, 6.07) is 54.7. The third-order valence-electron chi connectivity index (χ3n) is 20.5. The van der Waals surface area contributed by atoms with Crippen LogP contribution in [0.4, 0.5) is 34.4 Å². The Morgan fingerprint density at radius 1 is 0.416 bits per heavy atom. The van der Waals surface area contributed by atoms with Crippen LogP contribution in [0.5, 0.6) is 0 Å². The maximum Gasteiger partial charge on any atom is 0.349 e. The molecule has 0 saturated heterocycles. The fourth-order valence-electron chi connectivity index (χ4n) is 14.0. The Hall–Kier alpha value is -13.1. The third kappa shape index (κ3) is 18.1. The van der Waals surface area contributed by atoms with Crippen molar-refractivity contribution in [2.75, 3.05) is 29.5 Å². The van der Waals surface area contributed by atoms with Crippen LogP contribution in [-0.2, 0) is 37.3 Å². The summed E-state index contributed by atoms with van der Waals surface area (Å²) in [5.41, 5.74) is 19.6. The highest BCUT2D eigenvalue weighted by molar-refractivity contribution is 5.83. The normalized spacial score (nSPS) is 12.1. The number of hydrogen-bond acceptors (Lipinski definition) is 18. The summed E-state index contributed by atoms with van der Waals surface area (Å²) >= 11 is 0. The van der Waals surface area contributed by atoms with Crippen LogP contribution in [0.15, 0.2) is 203 Å². The molecule has 574 valence electrons. The lowest BCUT2D eigenvalue weighted by molar-refractivity contribution is 0.128. The first-order valence-corrected chi connectivity index (χ1v) is 37.8. The fraction of sp³-hybridized carbons (Fsp3) is 0.258. The average molecular weight is 1510 g/mol. The van der Waals surface area contributed by atoms with Gasteiger partial charge in [0.1, 0.15) is 11.0 Å². The number of aromatic amines is 4. The number of rotatable bonds is 19. The van der Waals surface area contributed by atoms with Crippen molar-refractivity contribution in [2.45, 2.75) is 133 Å². The smallest absolute Gasteiger partial charge is 0.349 e. The first kappa shape index (κ1) is 78.1. The number of aryl methyl sites for hydroxylation is 13. The Morgan fingerprint density at radius 2 is 0.858 bits per heavy atom. The van der Waals surface area contributed by atoms with Gasteiger partial charge in [-0.05, 0) is 216 Å². The van der Waals surface area contributed by atoms with Gasteiger partial charge in [-0.25, -0.2) is 39.5 Å². The number of anilines is 4. The molecule has 0 spiro atoms. The van der Waals surface area contributed by atoms with Crippen LogP contribution < -0.4 is 65.1 Å². The topological polar surface area (TPSA) is 313 Å². The number of fused-ring (bicyclic) bond motifs is 8. The number of nitrogens with zero attached hydrogens (tertiary/aromatic N) is 12. The quantitative estimate of drug-likeness (QED) is 0.0371. The SMILES string of the molecule is C=c1nc2c(c(=O)[nH]1)=Nc1cc(C)c(C)cc1N2CCC(O)c1ccccc1.C=c1nc2c(c(=O)[nH]1)=Nc1cc(C)c(C)cc1N2CCOCc1ccccc1.Cc1cc2nc3c(=O)[nH]c(=O)nc-3n(CCCCCc3ccccc3)c2cc1C.Cc1cccc(CCCn2c3nc(=O)[nH]c(=O)c-3nc3cc(C)c(C)cc32)c1. The van der Waals surface area contributed by atoms with Gasteiger partial charge >= 0.3 is 11.4 Å². The predicted octanol–water partition coefficient (Wildman–Crippen LogP) is 11.5. The van der Waals surface area contributed by atoms with Crippen molar-refractivity contribution in [3.8, 4) is 23.0 Å². The summed E-state index contributed by atoms with van der Waals surface area (Å²) < 4.78 is 9.80. The van der Waals surface area contributed by atoms with Crippen molar-refractivity contribution in [1.82, 2.24) is 59.0 Å². The van der Waals surface area contributed by atoms with Gasteiger partial charge in [0.2, 0.25) is 0 Å². The largest absolute Gasteiger partial charge is 0.388 e. The van der Waals surface area contributed by atoms with Crippen LogP contribution >= 0.6 is 0 Å². The first-order valence-electron chi connectivity index (χ1n) is 37.8. The number of H-pyrrole nitrogens is 4. The molecule has 24 nitrogen and oxygen atoms in total. The lowest BCUT2D eigenvalue weighted by atomic mass is 10.0. The van der Waals surface area contributed by atoms with Gasteiger partial charge in [0.15, 0.2) is 45.4 Å². The molecule has 8 aromatic carbocycles. The third-order valence-corrected chi connectivity index (χ3v) is 20.5. The molecule has 24 heteroatoms.